The van der Waals surface area contributed by atoms with Gasteiger partial charge in [0.05, 0.1) is 11.4 Å². The van der Waals surface area contributed by atoms with Gasteiger partial charge in [0.2, 0.25) is 10.0 Å². The van der Waals surface area contributed by atoms with Gasteiger partial charge >= 0.3 is 0 Å². The van der Waals surface area contributed by atoms with E-state index in [0.717, 1.165) is 6.42 Å². The Hall–Kier alpha value is -2.45. The van der Waals surface area contributed by atoms with Crippen molar-refractivity contribution >= 4 is 15.9 Å². The van der Waals surface area contributed by atoms with E-state index in [4.69, 9.17) is 4.74 Å². The molecule has 0 aromatic heterocycles. The summed E-state index contributed by atoms with van der Waals surface area (Å²) in [5.41, 5.74) is 0.299. The van der Waals surface area contributed by atoms with Crippen molar-refractivity contribution < 1.29 is 22.3 Å². The van der Waals surface area contributed by atoms with Gasteiger partial charge in [0.25, 0.3) is 5.91 Å². The van der Waals surface area contributed by atoms with E-state index in [9.17, 15) is 17.6 Å². The molecule has 8 heteroatoms. The zero-order valence-corrected chi connectivity index (χ0v) is 18.9. The predicted molar refractivity (Wildman–Crippen MR) is 117 cm³/mol. The third-order valence-electron chi connectivity index (χ3n) is 5.39. The number of sulfonamides is 1. The van der Waals surface area contributed by atoms with Crippen LogP contribution in [0.25, 0.3) is 0 Å². The molecule has 1 heterocycles. The van der Waals surface area contributed by atoms with E-state index in [1.165, 1.54) is 33.5 Å². The fourth-order valence-electron chi connectivity index (χ4n) is 3.92. The summed E-state index contributed by atoms with van der Waals surface area (Å²) in [6, 6.07) is 12.0. The molecule has 0 spiro atoms. The molecule has 0 radical (unpaired) electrons. The lowest BCUT2D eigenvalue weighted by atomic mass is 9.94. The summed E-state index contributed by atoms with van der Waals surface area (Å²) in [4.78, 5) is 14.4. The van der Waals surface area contributed by atoms with Gasteiger partial charge in [0.15, 0.2) is 0 Å². The van der Waals surface area contributed by atoms with Crippen molar-refractivity contribution in [3.63, 3.8) is 0 Å². The second-order valence-electron chi connectivity index (χ2n) is 8.33. The van der Waals surface area contributed by atoms with E-state index in [1.54, 1.807) is 31.3 Å². The van der Waals surface area contributed by atoms with Gasteiger partial charge < -0.3 is 9.64 Å². The number of carbonyl (C=O) groups excluding carboxylic acids is 1. The number of benzene rings is 2. The van der Waals surface area contributed by atoms with Crippen molar-refractivity contribution in [1.82, 2.24) is 9.21 Å². The van der Waals surface area contributed by atoms with Gasteiger partial charge in [-0.15, -0.1) is 0 Å². The first-order chi connectivity index (χ1) is 14.7. The Kier molecular flexibility index (Phi) is 7.33. The van der Waals surface area contributed by atoms with Crippen molar-refractivity contribution in [2.45, 2.75) is 25.2 Å². The Labute approximate surface area is 183 Å². The molecule has 168 valence electrons. The quantitative estimate of drug-likeness (QED) is 0.649. The Balaban J connectivity index is 1.66. The maximum Gasteiger partial charge on any atom is 0.253 e. The molecule has 1 fully saturated rings. The predicted octanol–water partition coefficient (Wildman–Crippen LogP) is 3.64. The van der Waals surface area contributed by atoms with Crippen molar-refractivity contribution in [2.75, 3.05) is 33.3 Å². The van der Waals surface area contributed by atoms with Crippen LogP contribution in [-0.2, 0) is 10.0 Å². The molecular weight excluding hydrogens is 419 g/mol. The molecule has 3 rings (SSSR count). The Bertz CT molecular complexity index is 1020. The van der Waals surface area contributed by atoms with Gasteiger partial charge in [0.1, 0.15) is 18.2 Å². The third-order valence-corrected chi connectivity index (χ3v) is 7.22. The highest BCUT2D eigenvalue weighted by molar-refractivity contribution is 7.89. The summed E-state index contributed by atoms with van der Waals surface area (Å²) in [5, 5.41) is 0. The molecule has 1 aliphatic rings. The highest BCUT2D eigenvalue weighted by Crippen LogP contribution is 2.27. The van der Waals surface area contributed by atoms with Gasteiger partial charge in [-0.1, -0.05) is 26.0 Å². The molecule has 0 saturated carbocycles. The average molecular weight is 449 g/mol. The first kappa shape index (κ1) is 23.2. The van der Waals surface area contributed by atoms with Crippen LogP contribution in [0.1, 0.15) is 30.6 Å². The number of hydrogen-bond acceptors (Lipinski definition) is 4. The van der Waals surface area contributed by atoms with E-state index >= 15 is 0 Å². The number of rotatable bonds is 7. The number of halogens is 1. The monoisotopic (exact) mass is 448 g/mol. The van der Waals surface area contributed by atoms with Crippen LogP contribution in [0.2, 0.25) is 0 Å². The molecule has 1 amide bonds. The lowest BCUT2D eigenvalue weighted by molar-refractivity contribution is 0.0773. The van der Waals surface area contributed by atoms with E-state index in [2.05, 4.69) is 13.8 Å². The minimum Gasteiger partial charge on any atom is -0.492 e. The second-order valence-corrected chi connectivity index (χ2v) is 10.3. The van der Waals surface area contributed by atoms with Gasteiger partial charge in [-0.2, -0.15) is 4.31 Å². The fraction of sp³-hybridized carbons (Fsp3) is 0.435. The maximum atomic E-state index is 13.2. The molecule has 1 saturated heterocycles. The summed E-state index contributed by atoms with van der Waals surface area (Å²) >= 11 is 0. The molecule has 0 aliphatic carbocycles. The van der Waals surface area contributed by atoms with Crippen molar-refractivity contribution in [2.24, 2.45) is 11.8 Å². The van der Waals surface area contributed by atoms with E-state index in [0.29, 0.717) is 36.2 Å². The number of hydrogen-bond donors (Lipinski definition) is 0. The summed E-state index contributed by atoms with van der Waals surface area (Å²) in [5.74, 6) is 0.289. The Morgan fingerprint density at radius 1 is 1.13 bits per heavy atom. The molecular formula is C23H29FN2O4S. The lowest BCUT2D eigenvalue weighted by Gasteiger charge is -2.34. The van der Waals surface area contributed by atoms with Crippen molar-refractivity contribution in [1.29, 1.82) is 0 Å². The second kappa shape index (κ2) is 9.78. The van der Waals surface area contributed by atoms with Gasteiger partial charge in [0, 0.05) is 31.8 Å². The summed E-state index contributed by atoms with van der Waals surface area (Å²) in [7, 11) is -2.05. The molecule has 2 aromatic carbocycles. The molecule has 0 bridgehead atoms. The third kappa shape index (κ3) is 5.83. The van der Waals surface area contributed by atoms with Crippen LogP contribution in [0.5, 0.6) is 5.75 Å². The smallest absolute Gasteiger partial charge is 0.253 e. The highest BCUT2D eigenvalue weighted by Gasteiger charge is 2.32. The van der Waals surface area contributed by atoms with Crippen molar-refractivity contribution in [3.05, 3.63) is 59.9 Å². The minimum atomic E-state index is -3.66. The zero-order chi connectivity index (χ0) is 22.6. The average Bonchev–Trinajstić information content (AvgIpc) is 2.72. The lowest BCUT2D eigenvalue weighted by Crippen LogP contribution is -2.42. The zero-order valence-electron chi connectivity index (χ0n) is 18.1. The highest BCUT2D eigenvalue weighted by atomic mass is 32.2. The minimum absolute atomic E-state index is 0.129. The van der Waals surface area contributed by atoms with Crippen LogP contribution in [-0.4, -0.2) is 56.8 Å². The molecule has 6 nitrogen and oxygen atoms in total. The summed E-state index contributed by atoms with van der Waals surface area (Å²) in [6.45, 7) is 5.54. The van der Waals surface area contributed by atoms with Crippen molar-refractivity contribution in [3.8, 4) is 5.75 Å². The van der Waals surface area contributed by atoms with Crippen LogP contribution >= 0.6 is 0 Å². The number of piperidine rings is 1. The Morgan fingerprint density at radius 2 is 1.81 bits per heavy atom. The number of carbonyl (C=O) groups is 1. The van der Waals surface area contributed by atoms with Crippen LogP contribution < -0.4 is 4.74 Å². The number of nitrogens with zero attached hydrogens (tertiary/aromatic N) is 2. The summed E-state index contributed by atoms with van der Waals surface area (Å²) in [6.07, 6.45) is 1.01. The number of likely N-dealkylation sites (N-methyl/N-ethyl adjacent to an activating group) is 1. The first-order valence-electron chi connectivity index (χ1n) is 10.4. The van der Waals surface area contributed by atoms with Crippen LogP contribution in [0.3, 0.4) is 0 Å². The maximum absolute atomic E-state index is 13.2. The topological polar surface area (TPSA) is 66.9 Å². The molecule has 2 atom stereocenters. The molecule has 2 aromatic rings. The van der Waals surface area contributed by atoms with Gasteiger partial charge in [-0.25, -0.2) is 12.8 Å². The summed E-state index contributed by atoms with van der Waals surface area (Å²) < 4.78 is 46.5. The van der Waals surface area contributed by atoms with E-state index in [-0.39, 0.29) is 24.0 Å². The molecule has 2 unspecified atom stereocenters. The van der Waals surface area contributed by atoms with E-state index in [1.807, 2.05) is 0 Å². The number of ether oxygens (including phenoxy) is 1. The van der Waals surface area contributed by atoms with Gasteiger partial charge in [-0.3, -0.25) is 4.79 Å². The Morgan fingerprint density at radius 3 is 2.48 bits per heavy atom. The molecule has 31 heavy (non-hydrogen) atoms. The first-order valence-corrected chi connectivity index (χ1v) is 11.8. The standard InChI is InChI=1S/C23H29FN2O4S/c1-17-12-18(2)16-26(15-17)31(28,29)22-9-4-6-19(13-22)23(27)25(3)10-11-30-21-8-5-7-20(24)14-21/h4-9,13-14,17-18H,10-12,15-16H2,1-3H3. The van der Waals surface area contributed by atoms with Crippen LogP contribution in [0.4, 0.5) is 4.39 Å². The van der Waals surface area contributed by atoms with E-state index < -0.39 is 15.8 Å². The molecule has 1 aliphatic heterocycles. The number of amides is 1. The molecule has 0 N–H and O–H groups in total. The SMILES string of the molecule is CC1CC(C)CN(S(=O)(=O)c2cccc(C(=O)N(C)CCOc3cccc(F)c3)c2)C1. The normalized spacial score (nSPS) is 19.7. The van der Waals surface area contributed by atoms with Gasteiger partial charge in [-0.05, 0) is 48.6 Å². The van der Waals surface area contributed by atoms with Crippen LogP contribution in [0, 0.1) is 17.7 Å². The fourth-order valence-corrected chi connectivity index (χ4v) is 5.65. The largest absolute Gasteiger partial charge is 0.492 e. The van der Waals surface area contributed by atoms with Crippen LogP contribution in [0.15, 0.2) is 53.4 Å².